The molecule has 3 aliphatic heterocycles. The minimum Gasteiger partial charge on any atom is -0.490 e. The number of amides is 3. The first kappa shape index (κ1) is 26.6. The summed E-state index contributed by atoms with van der Waals surface area (Å²) in [6, 6.07) is 14.2. The van der Waals surface area contributed by atoms with Gasteiger partial charge >= 0.3 is 4.87 Å². The molecule has 0 radical (unpaired) electrons. The Balaban J connectivity index is 1.34. The summed E-state index contributed by atoms with van der Waals surface area (Å²) in [6.07, 6.45) is 0. The monoisotopic (exact) mass is 581 g/mol. The van der Waals surface area contributed by atoms with Crippen LogP contribution in [0.1, 0.15) is 23.3 Å². The number of carbonyl (C=O) groups is 3. The summed E-state index contributed by atoms with van der Waals surface area (Å²) in [5, 5.41) is -0.0835. The molecule has 0 saturated carbocycles. The molecule has 0 spiro atoms. The van der Waals surface area contributed by atoms with Gasteiger partial charge in [-0.05, 0) is 36.8 Å². The van der Waals surface area contributed by atoms with Gasteiger partial charge in [-0.2, -0.15) is 0 Å². The van der Waals surface area contributed by atoms with E-state index in [0.717, 1.165) is 16.9 Å². The van der Waals surface area contributed by atoms with E-state index in [9.17, 15) is 19.2 Å². The van der Waals surface area contributed by atoms with Gasteiger partial charge in [0.1, 0.15) is 5.25 Å². The highest BCUT2D eigenvalue weighted by atomic mass is 32.2. The molecule has 10 nitrogen and oxygen atoms in total. The van der Waals surface area contributed by atoms with Crippen LogP contribution in [-0.4, -0.2) is 72.4 Å². The maximum Gasteiger partial charge on any atom is 0.305 e. The molecule has 1 N–H and O–H groups in total. The molecule has 1 aromatic heterocycles. The normalized spacial score (nSPS) is 22.2. The van der Waals surface area contributed by atoms with Gasteiger partial charge in [-0.1, -0.05) is 47.4 Å². The van der Waals surface area contributed by atoms with Gasteiger partial charge < -0.3 is 24.1 Å². The average Bonchev–Trinajstić information content (AvgIpc) is 3.47. The Kier molecular flexibility index (Phi) is 7.39. The number of aromatic nitrogens is 1. The Bertz CT molecular complexity index is 1500. The number of thioether (sulfide) groups is 1. The topological polar surface area (TPSA) is 118 Å². The van der Waals surface area contributed by atoms with Gasteiger partial charge in [0.2, 0.25) is 11.8 Å². The maximum atomic E-state index is 13.9. The predicted molar refractivity (Wildman–Crippen MR) is 149 cm³/mol. The fourth-order valence-electron chi connectivity index (χ4n) is 5.36. The van der Waals surface area contributed by atoms with Crippen LogP contribution in [0, 0.1) is 5.92 Å². The molecule has 6 rings (SSSR count). The zero-order valence-corrected chi connectivity index (χ0v) is 23.3. The van der Waals surface area contributed by atoms with E-state index in [-0.39, 0.29) is 29.2 Å². The van der Waals surface area contributed by atoms with Gasteiger partial charge in [-0.25, -0.2) is 4.90 Å². The van der Waals surface area contributed by atoms with E-state index in [4.69, 9.17) is 14.2 Å². The molecule has 2 aromatic carbocycles. The molecule has 2 saturated heterocycles. The van der Waals surface area contributed by atoms with Crippen LogP contribution in [0.4, 0.5) is 5.69 Å². The van der Waals surface area contributed by atoms with E-state index < -0.39 is 17.1 Å². The number of carbonyl (C=O) groups excluding carboxylic acids is 3. The number of morpholine rings is 1. The molecule has 0 aliphatic carbocycles. The first-order valence-corrected chi connectivity index (χ1v) is 14.7. The van der Waals surface area contributed by atoms with Crippen LogP contribution in [0.3, 0.4) is 0 Å². The summed E-state index contributed by atoms with van der Waals surface area (Å²) in [4.78, 5) is 58.7. The third-order valence-electron chi connectivity index (χ3n) is 7.18. The number of benzene rings is 2. The number of H-pyrrole nitrogens is 1. The molecular weight excluding hydrogens is 554 g/mol. The third kappa shape index (κ3) is 4.80. The summed E-state index contributed by atoms with van der Waals surface area (Å²) in [6.45, 7) is 4.10. The number of aromatic amines is 1. The SMILES string of the molecule is CCOc1cc([C@H]2c3sc(=O)[nH]c3SC3C(=O)N(c4ccccc4)C(=O)C32)ccc1OCC(=O)N1CCOCC1. The third-order valence-corrected chi connectivity index (χ3v) is 9.58. The summed E-state index contributed by atoms with van der Waals surface area (Å²) in [5.74, 6) is -1.18. The van der Waals surface area contributed by atoms with E-state index in [0.29, 0.717) is 60.0 Å². The number of imide groups is 1. The molecule has 3 aliphatic rings. The van der Waals surface area contributed by atoms with Crippen LogP contribution in [0.25, 0.3) is 0 Å². The summed E-state index contributed by atoms with van der Waals surface area (Å²) in [5.41, 5.74) is 1.24. The molecule has 2 fully saturated rings. The van der Waals surface area contributed by atoms with Crippen LogP contribution in [0.2, 0.25) is 0 Å². The van der Waals surface area contributed by atoms with E-state index in [1.165, 1.54) is 16.7 Å². The van der Waals surface area contributed by atoms with Crippen molar-refractivity contribution in [2.75, 3.05) is 44.4 Å². The number of rotatable bonds is 7. The molecule has 4 heterocycles. The summed E-state index contributed by atoms with van der Waals surface area (Å²) < 4.78 is 17.1. The number of ether oxygens (including phenoxy) is 3. The van der Waals surface area contributed by atoms with Gasteiger partial charge in [0.25, 0.3) is 5.91 Å². The van der Waals surface area contributed by atoms with Crippen molar-refractivity contribution in [2.24, 2.45) is 5.92 Å². The molecule has 3 amide bonds. The van der Waals surface area contributed by atoms with E-state index in [2.05, 4.69) is 4.98 Å². The van der Waals surface area contributed by atoms with Gasteiger partial charge in [-0.15, -0.1) is 0 Å². The first-order valence-electron chi connectivity index (χ1n) is 13.0. The van der Waals surface area contributed by atoms with Crippen LogP contribution in [0.15, 0.2) is 58.4 Å². The average molecular weight is 582 g/mol. The van der Waals surface area contributed by atoms with Crippen LogP contribution >= 0.6 is 23.1 Å². The molecule has 3 aromatic rings. The van der Waals surface area contributed by atoms with Crippen molar-refractivity contribution in [1.82, 2.24) is 9.88 Å². The van der Waals surface area contributed by atoms with E-state index in [1.807, 2.05) is 19.1 Å². The number of hydrogen-bond acceptors (Lipinski definition) is 9. The number of hydrogen-bond donors (Lipinski definition) is 1. The summed E-state index contributed by atoms with van der Waals surface area (Å²) >= 11 is 2.28. The minimum absolute atomic E-state index is 0.139. The lowest BCUT2D eigenvalue weighted by Gasteiger charge is -2.30. The second-order valence-electron chi connectivity index (χ2n) is 9.52. The van der Waals surface area contributed by atoms with Crippen molar-refractivity contribution >= 4 is 46.5 Å². The van der Waals surface area contributed by atoms with Crippen molar-refractivity contribution in [1.29, 1.82) is 0 Å². The highest BCUT2D eigenvalue weighted by Crippen LogP contribution is 2.53. The number of nitrogens with zero attached hydrogens (tertiary/aromatic N) is 2. The maximum absolute atomic E-state index is 13.9. The van der Waals surface area contributed by atoms with Gasteiger partial charge in [0.15, 0.2) is 18.1 Å². The lowest BCUT2D eigenvalue weighted by Crippen LogP contribution is -2.43. The molecule has 2 unspecified atom stereocenters. The second kappa shape index (κ2) is 11.1. The lowest BCUT2D eigenvalue weighted by atomic mass is 9.83. The van der Waals surface area contributed by atoms with E-state index in [1.54, 1.807) is 41.3 Å². The fourth-order valence-corrected chi connectivity index (χ4v) is 7.87. The van der Waals surface area contributed by atoms with Crippen LogP contribution in [0.5, 0.6) is 11.5 Å². The van der Waals surface area contributed by atoms with Crippen molar-refractivity contribution in [2.45, 2.75) is 23.1 Å². The number of fused-ring (bicyclic) bond motifs is 2. The number of para-hydroxylation sites is 1. The first-order chi connectivity index (χ1) is 19.5. The largest absolute Gasteiger partial charge is 0.490 e. The Morgan fingerprint density at radius 1 is 1.02 bits per heavy atom. The standard InChI is InChI=1S/C28H27N3O7S2/c1-2-37-19-14-16(8-9-18(19)38-15-20(32)30-10-12-36-13-11-30)21-22-24(39-25-23(21)40-28(35)29-25)27(34)31(26(22)33)17-6-4-3-5-7-17/h3-9,14,21-22,24H,2,10-13,15H2,1H3,(H,29,35)/t21-,22?,24?/m1/s1. The molecule has 0 bridgehead atoms. The molecule has 12 heteroatoms. The smallest absolute Gasteiger partial charge is 0.305 e. The van der Waals surface area contributed by atoms with Crippen LogP contribution in [-0.2, 0) is 19.1 Å². The molecular formula is C28H27N3O7S2. The van der Waals surface area contributed by atoms with Crippen molar-refractivity contribution in [3.63, 3.8) is 0 Å². The Morgan fingerprint density at radius 2 is 1.80 bits per heavy atom. The zero-order chi connectivity index (χ0) is 27.8. The highest BCUT2D eigenvalue weighted by Gasteiger charge is 2.56. The lowest BCUT2D eigenvalue weighted by molar-refractivity contribution is -0.137. The second-order valence-corrected chi connectivity index (χ2v) is 11.7. The van der Waals surface area contributed by atoms with E-state index >= 15 is 0 Å². The van der Waals surface area contributed by atoms with Crippen molar-refractivity contribution < 1.29 is 28.6 Å². The number of anilines is 1. The van der Waals surface area contributed by atoms with Gasteiger partial charge in [0.05, 0.1) is 36.5 Å². The van der Waals surface area contributed by atoms with Gasteiger partial charge in [0, 0.05) is 23.9 Å². The van der Waals surface area contributed by atoms with Crippen molar-refractivity contribution in [3.8, 4) is 11.5 Å². The Labute approximate surface area is 238 Å². The van der Waals surface area contributed by atoms with Crippen molar-refractivity contribution in [3.05, 3.63) is 68.6 Å². The minimum atomic E-state index is -0.708. The number of nitrogens with one attached hydrogen (secondary N) is 1. The zero-order valence-electron chi connectivity index (χ0n) is 21.7. The van der Waals surface area contributed by atoms with Crippen LogP contribution < -0.4 is 19.2 Å². The Morgan fingerprint density at radius 3 is 2.55 bits per heavy atom. The quantitative estimate of drug-likeness (QED) is 0.424. The predicted octanol–water partition coefficient (Wildman–Crippen LogP) is 2.87. The van der Waals surface area contributed by atoms with Gasteiger partial charge in [-0.3, -0.25) is 19.2 Å². The Hall–Kier alpha value is -3.61. The summed E-state index contributed by atoms with van der Waals surface area (Å²) in [7, 11) is 0. The highest BCUT2D eigenvalue weighted by molar-refractivity contribution is 8.00. The fraction of sp³-hybridized carbons (Fsp3) is 0.357. The molecule has 40 heavy (non-hydrogen) atoms. The molecule has 3 atom stereocenters. The number of thiazole rings is 1. The molecule has 208 valence electrons.